The molecule has 0 aromatic heterocycles. The number of alkyl halides is 3. The molecule has 0 saturated heterocycles. The van der Waals surface area contributed by atoms with Crippen LogP contribution in [0.1, 0.15) is 18.4 Å². The number of carboxylic acids is 1. The van der Waals surface area contributed by atoms with Crippen molar-refractivity contribution in [3.8, 4) is 5.75 Å². The molecule has 1 aliphatic carbocycles. The average Bonchev–Trinajstić information content (AvgIpc) is 2.41. The van der Waals surface area contributed by atoms with E-state index >= 15 is 0 Å². The molecule has 2 unspecified atom stereocenters. The number of carbonyl (C=O) groups excluding carboxylic acids is 1. The van der Waals surface area contributed by atoms with E-state index in [2.05, 4.69) is 5.32 Å². The highest BCUT2D eigenvalue weighted by atomic mass is 19.4. The Morgan fingerprint density at radius 1 is 1.17 bits per heavy atom. The van der Waals surface area contributed by atoms with Gasteiger partial charge in [-0.1, -0.05) is 0 Å². The molecule has 2 N–H and O–H groups in total. The molecule has 2 atom stereocenters. The minimum atomic E-state index is -4.39. The van der Waals surface area contributed by atoms with Crippen LogP contribution >= 0.6 is 0 Å². The van der Waals surface area contributed by atoms with Crippen LogP contribution in [-0.4, -0.2) is 30.1 Å². The number of aliphatic carboxylic acids is 1. The average molecular weight is 331 g/mol. The number of halogens is 3. The lowest BCUT2D eigenvalue weighted by atomic mass is 9.73. The number of rotatable bonds is 6. The Morgan fingerprint density at radius 2 is 1.78 bits per heavy atom. The maximum atomic E-state index is 12.4. The fraction of sp³-hybridized carbons (Fsp3) is 0.467. The van der Waals surface area contributed by atoms with Crippen LogP contribution in [0.4, 0.5) is 13.2 Å². The molecule has 2 rings (SSSR count). The van der Waals surface area contributed by atoms with Gasteiger partial charge in [0.15, 0.2) is 0 Å². The Kier molecular flexibility index (Phi) is 5.12. The topological polar surface area (TPSA) is 75.6 Å². The number of carboxylic acid groups (broad SMARTS) is 1. The molecule has 8 heteroatoms. The molecule has 1 aromatic carbocycles. The first-order valence-corrected chi connectivity index (χ1v) is 7.09. The summed E-state index contributed by atoms with van der Waals surface area (Å²) in [6.07, 6.45) is -3.35. The lowest BCUT2D eigenvalue weighted by Gasteiger charge is -2.31. The Bertz CT molecular complexity index is 571. The summed E-state index contributed by atoms with van der Waals surface area (Å²) in [5.74, 6) is -2.19. The van der Waals surface area contributed by atoms with Gasteiger partial charge in [0.2, 0.25) is 5.91 Å². The highest BCUT2D eigenvalue weighted by molar-refractivity contribution is 5.86. The molecule has 0 aliphatic heterocycles. The van der Waals surface area contributed by atoms with E-state index in [9.17, 15) is 22.8 Å². The summed E-state index contributed by atoms with van der Waals surface area (Å²) in [7, 11) is 0. The first kappa shape index (κ1) is 17.1. The van der Waals surface area contributed by atoms with E-state index in [1.54, 1.807) is 0 Å². The third-order valence-electron chi connectivity index (χ3n) is 3.78. The predicted molar refractivity (Wildman–Crippen MR) is 73.8 cm³/mol. The maximum absolute atomic E-state index is 12.4. The van der Waals surface area contributed by atoms with Gasteiger partial charge in [-0.05, 0) is 37.1 Å². The van der Waals surface area contributed by atoms with E-state index in [4.69, 9.17) is 9.84 Å². The first-order chi connectivity index (χ1) is 10.8. The van der Waals surface area contributed by atoms with Crippen molar-refractivity contribution in [2.24, 2.45) is 11.8 Å². The second-order valence-corrected chi connectivity index (χ2v) is 5.29. The van der Waals surface area contributed by atoms with Crippen LogP contribution in [0.15, 0.2) is 24.3 Å². The van der Waals surface area contributed by atoms with E-state index in [1.807, 2.05) is 0 Å². The summed E-state index contributed by atoms with van der Waals surface area (Å²) < 4.78 is 42.4. The van der Waals surface area contributed by atoms with Gasteiger partial charge in [-0.15, -0.1) is 0 Å². The summed E-state index contributed by atoms with van der Waals surface area (Å²) in [5, 5.41) is 11.4. The predicted octanol–water partition coefficient (Wildman–Crippen LogP) is 2.31. The van der Waals surface area contributed by atoms with Gasteiger partial charge in [-0.3, -0.25) is 9.59 Å². The lowest BCUT2D eigenvalue weighted by molar-refractivity contribution is -0.152. The lowest BCUT2D eigenvalue weighted by Crippen LogP contribution is -2.44. The molecule has 1 amide bonds. The Hall–Kier alpha value is -2.25. The SMILES string of the molecule is O=C(O)C1CCC1C(=O)NCCOc1ccc(C(F)(F)F)cc1. The third kappa shape index (κ3) is 4.37. The minimum Gasteiger partial charge on any atom is -0.492 e. The van der Waals surface area contributed by atoms with Crippen molar-refractivity contribution in [3.63, 3.8) is 0 Å². The van der Waals surface area contributed by atoms with Crippen molar-refractivity contribution in [1.82, 2.24) is 5.32 Å². The quantitative estimate of drug-likeness (QED) is 0.785. The highest BCUT2D eigenvalue weighted by Crippen LogP contribution is 2.34. The Balaban J connectivity index is 1.71. The Labute approximate surface area is 130 Å². The van der Waals surface area contributed by atoms with Crippen molar-refractivity contribution >= 4 is 11.9 Å². The summed E-state index contributed by atoms with van der Waals surface area (Å²) in [5.41, 5.74) is -0.761. The van der Waals surface area contributed by atoms with Gasteiger partial charge in [-0.25, -0.2) is 0 Å². The van der Waals surface area contributed by atoms with Crippen LogP contribution < -0.4 is 10.1 Å². The van der Waals surface area contributed by atoms with Gasteiger partial charge in [0.1, 0.15) is 12.4 Å². The molecule has 23 heavy (non-hydrogen) atoms. The number of hydrogen-bond acceptors (Lipinski definition) is 3. The molecule has 0 bridgehead atoms. The molecule has 1 aromatic rings. The minimum absolute atomic E-state index is 0.0849. The number of amides is 1. The standard InChI is InChI=1S/C15H16F3NO4/c16-15(17,18)9-1-3-10(4-2-9)23-8-7-19-13(20)11-5-6-12(11)14(21)22/h1-4,11-12H,5-8H2,(H,19,20)(H,21,22). The summed E-state index contributed by atoms with van der Waals surface area (Å²) in [4.78, 5) is 22.6. The van der Waals surface area contributed by atoms with Crippen LogP contribution in [0.25, 0.3) is 0 Å². The largest absolute Gasteiger partial charge is 0.492 e. The summed E-state index contributed by atoms with van der Waals surface area (Å²) >= 11 is 0. The number of hydrogen-bond donors (Lipinski definition) is 2. The molecule has 5 nitrogen and oxygen atoms in total. The normalized spacial score (nSPS) is 20.5. The number of ether oxygens (including phenoxy) is 1. The zero-order chi connectivity index (χ0) is 17.0. The molecule has 0 heterocycles. The number of nitrogens with one attached hydrogen (secondary N) is 1. The highest BCUT2D eigenvalue weighted by Gasteiger charge is 2.41. The molecular weight excluding hydrogens is 315 g/mol. The molecule has 0 radical (unpaired) electrons. The number of carbonyl (C=O) groups is 2. The van der Waals surface area contributed by atoms with Crippen LogP contribution in [0.5, 0.6) is 5.75 Å². The van der Waals surface area contributed by atoms with E-state index in [-0.39, 0.29) is 24.8 Å². The summed E-state index contributed by atoms with van der Waals surface area (Å²) in [6, 6.07) is 4.24. The Morgan fingerprint density at radius 3 is 2.26 bits per heavy atom. The fourth-order valence-corrected chi connectivity index (χ4v) is 2.32. The first-order valence-electron chi connectivity index (χ1n) is 7.09. The molecule has 0 spiro atoms. The van der Waals surface area contributed by atoms with Gasteiger partial charge in [-0.2, -0.15) is 13.2 Å². The third-order valence-corrected chi connectivity index (χ3v) is 3.78. The molecule has 126 valence electrons. The van der Waals surface area contributed by atoms with E-state index in [1.165, 1.54) is 12.1 Å². The van der Waals surface area contributed by atoms with Crippen LogP contribution in [0, 0.1) is 11.8 Å². The zero-order valence-corrected chi connectivity index (χ0v) is 12.1. The van der Waals surface area contributed by atoms with Gasteiger partial charge < -0.3 is 15.2 Å². The van der Waals surface area contributed by atoms with Crippen molar-refractivity contribution in [1.29, 1.82) is 0 Å². The molecule has 1 aliphatic rings. The maximum Gasteiger partial charge on any atom is 0.416 e. The van der Waals surface area contributed by atoms with Crippen molar-refractivity contribution < 1.29 is 32.6 Å². The van der Waals surface area contributed by atoms with Gasteiger partial charge in [0, 0.05) is 0 Å². The molecular formula is C15H16F3NO4. The second-order valence-electron chi connectivity index (χ2n) is 5.29. The van der Waals surface area contributed by atoms with E-state index < -0.39 is 29.5 Å². The van der Waals surface area contributed by atoms with E-state index in [0.717, 1.165) is 12.1 Å². The van der Waals surface area contributed by atoms with Crippen molar-refractivity contribution in [2.45, 2.75) is 19.0 Å². The number of benzene rings is 1. The zero-order valence-electron chi connectivity index (χ0n) is 12.1. The van der Waals surface area contributed by atoms with Crippen LogP contribution in [0.2, 0.25) is 0 Å². The van der Waals surface area contributed by atoms with Gasteiger partial charge >= 0.3 is 12.1 Å². The molecule has 1 fully saturated rings. The summed E-state index contributed by atoms with van der Waals surface area (Å²) in [6.45, 7) is 0.240. The molecule has 1 saturated carbocycles. The smallest absolute Gasteiger partial charge is 0.416 e. The van der Waals surface area contributed by atoms with Crippen LogP contribution in [-0.2, 0) is 15.8 Å². The van der Waals surface area contributed by atoms with Gasteiger partial charge in [0.05, 0.1) is 23.9 Å². The van der Waals surface area contributed by atoms with Crippen LogP contribution in [0.3, 0.4) is 0 Å². The second kappa shape index (κ2) is 6.89. The fourth-order valence-electron chi connectivity index (χ4n) is 2.32. The monoisotopic (exact) mass is 331 g/mol. The van der Waals surface area contributed by atoms with E-state index in [0.29, 0.717) is 12.8 Å². The van der Waals surface area contributed by atoms with Gasteiger partial charge in [0.25, 0.3) is 0 Å². The van der Waals surface area contributed by atoms with Crippen molar-refractivity contribution in [2.75, 3.05) is 13.2 Å². The van der Waals surface area contributed by atoms with Crippen molar-refractivity contribution in [3.05, 3.63) is 29.8 Å².